The number of aromatic nitrogens is 1. The zero-order valence-corrected chi connectivity index (χ0v) is 19.3. The van der Waals surface area contributed by atoms with Gasteiger partial charge >= 0.3 is 0 Å². The number of ether oxygens (including phenoxy) is 2. The summed E-state index contributed by atoms with van der Waals surface area (Å²) in [6.45, 7) is 3.49. The Morgan fingerprint density at radius 3 is 2.85 bits per heavy atom. The van der Waals surface area contributed by atoms with Crippen LogP contribution in [0.15, 0.2) is 41.5 Å². The number of hydrogen-bond acceptors (Lipinski definition) is 7. The molecule has 3 atom stereocenters. The molecule has 2 aromatic rings. The number of benzene rings is 1. The van der Waals surface area contributed by atoms with Gasteiger partial charge in [0.1, 0.15) is 23.7 Å². The van der Waals surface area contributed by atoms with Crippen molar-refractivity contribution in [3.05, 3.63) is 42.1 Å². The average molecular weight is 463 g/mol. The van der Waals surface area contributed by atoms with Gasteiger partial charge in [0.2, 0.25) is 5.91 Å². The van der Waals surface area contributed by atoms with Crippen LogP contribution in [0.2, 0.25) is 0 Å². The van der Waals surface area contributed by atoms with Crippen LogP contribution in [0.3, 0.4) is 0 Å². The average Bonchev–Trinajstić information content (AvgIpc) is 3.55. The fourth-order valence-corrected chi connectivity index (χ4v) is 5.56. The van der Waals surface area contributed by atoms with E-state index in [0.29, 0.717) is 30.3 Å². The number of amides is 1. The summed E-state index contributed by atoms with van der Waals surface area (Å²) in [5.74, 6) is 2.30. The molecule has 33 heavy (non-hydrogen) atoms. The molecule has 1 aromatic carbocycles. The fourth-order valence-electron chi connectivity index (χ4n) is 4.55. The molecule has 2 fully saturated rings. The standard InChI is InChI=1S/C25H26N4O3S/c1-25(14-33-15-28-25)21-12-20(21)24(30)29-23-11-17(4-7-27-23)16-2-3-22(18(10-16)13-26)32-19-5-8-31-9-6-19/h2-4,7,10-11,15,19-21H,5-6,8-9,12,14H2,1H3,(H,27,29,30)/t20-,21-,25?/m0/s1. The third kappa shape index (κ3) is 4.75. The number of nitriles is 1. The number of pyridine rings is 1. The third-order valence-corrected chi connectivity index (χ3v) is 7.64. The first-order valence-electron chi connectivity index (χ1n) is 11.3. The van der Waals surface area contributed by atoms with E-state index in [2.05, 4.69) is 28.3 Å². The molecule has 0 spiro atoms. The summed E-state index contributed by atoms with van der Waals surface area (Å²) in [7, 11) is 0. The monoisotopic (exact) mass is 462 g/mol. The first-order chi connectivity index (χ1) is 16.1. The fraction of sp³-hybridized carbons (Fsp3) is 0.440. The first kappa shape index (κ1) is 21.9. The number of carbonyl (C=O) groups excluding carboxylic acids is 1. The molecule has 0 bridgehead atoms. The van der Waals surface area contributed by atoms with Crippen molar-refractivity contribution in [2.75, 3.05) is 24.3 Å². The Bertz CT molecular complexity index is 1120. The molecule has 8 heteroatoms. The van der Waals surface area contributed by atoms with Crippen LogP contribution in [0.4, 0.5) is 5.82 Å². The number of nitrogens with zero attached hydrogens (tertiary/aromatic N) is 3. The first-order valence-corrected chi connectivity index (χ1v) is 12.3. The largest absolute Gasteiger partial charge is 0.489 e. The van der Waals surface area contributed by atoms with Gasteiger partial charge in [-0.2, -0.15) is 5.26 Å². The summed E-state index contributed by atoms with van der Waals surface area (Å²) >= 11 is 1.71. The van der Waals surface area contributed by atoms with E-state index in [9.17, 15) is 10.1 Å². The Labute approximate surface area is 197 Å². The lowest BCUT2D eigenvalue weighted by Gasteiger charge is -2.23. The smallest absolute Gasteiger partial charge is 0.229 e. The molecule has 1 aliphatic carbocycles. The van der Waals surface area contributed by atoms with Crippen molar-refractivity contribution in [1.29, 1.82) is 5.26 Å². The maximum atomic E-state index is 12.8. The highest BCUT2D eigenvalue weighted by Crippen LogP contribution is 2.51. The van der Waals surface area contributed by atoms with Crippen LogP contribution < -0.4 is 10.1 Å². The van der Waals surface area contributed by atoms with E-state index in [1.54, 1.807) is 18.0 Å². The summed E-state index contributed by atoms with van der Waals surface area (Å²) in [4.78, 5) is 21.7. The number of carbonyl (C=O) groups is 1. The molecule has 1 unspecified atom stereocenters. The summed E-state index contributed by atoms with van der Waals surface area (Å²) < 4.78 is 11.4. The highest BCUT2D eigenvalue weighted by molar-refractivity contribution is 8.12. The number of anilines is 1. The van der Waals surface area contributed by atoms with E-state index in [-0.39, 0.29) is 29.4 Å². The van der Waals surface area contributed by atoms with Crippen molar-refractivity contribution in [2.45, 2.75) is 37.8 Å². The van der Waals surface area contributed by atoms with E-state index in [4.69, 9.17) is 9.47 Å². The molecule has 1 saturated carbocycles. The number of hydrogen-bond donors (Lipinski definition) is 1. The maximum absolute atomic E-state index is 12.8. The molecule has 1 saturated heterocycles. The van der Waals surface area contributed by atoms with Gasteiger partial charge in [0, 0.05) is 30.7 Å². The van der Waals surface area contributed by atoms with Crippen LogP contribution in [-0.2, 0) is 9.53 Å². The molecule has 7 nitrogen and oxygen atoms in total. The second kappa shape index (κ2) is 9.16. The zero-order valence-electron chi connectivity index (χ0n) is 18.5. The Morgan fingerprint density at radius 2 is 2.09 bits per heavy atom. The van der Waals surface area contributed by atoms with Crippen LogP contribution in [0.25, 0.3) is 11.1 Å². The van der Waals surface area contributed by atoms with Crippen LogP contribution in [-0.4, -0.2) is 47.0 Å². The number of aliphatic imine (C=N–C) groups is 1. The van der Waals surface area contributed by atoms with Gasteiger partial charge < -0.3 is 14.8 Å². The van der Waals surface area contributed by atoms with Crippen molar-refractivity contribution in [1.82, 2.24) is 4.98 Å². The Hall–Kier alpha value is -2.89. The van der Waals surface area contributed by atoms with E-state index < -0.39 is 0 Å². The van der Waals surface area contributed by atoms with Crippen LogP contribution in [0.1, 0.15) is 31.7 Å². The predicted molar refractivity (Wildman–Crippen MR) is 128 cm³/mol. The minimum atomic E-state index is -0.135. The molecule has 1 N–H and O–H groups in total. The van der Waals surface area contributed by atoms with Gasteiger partial charge in [-0.1, -0.05) is 6.07 Å². The van der Waals surface area contributed by atoms with Crippen molar-refractivity contribution in [2.24, 2.45) is 16.8 Å². The van der Waals surface area contributed by atoms with E-state index in [1.165, 1.54) is 0 Å². The molecule has 0 radical (unpaired) electrons. The zero-order chi connectivity index (χ0) is 22.8. The SMILES string of the molecule is CC1([C@H]2C[C@@H]2C(=O)Nc2cc(-c3ccc(OC4CCOCC4)c(C#N)c3)ccn2)CSC=N1. The lowest BCUT2D eigenvalue weighted by Crippen LogP contribution is -2.28. The van der Waals surface area contributed by atoms with Gasteiger partial charge in [-0.3, -0.25) is 9.79 Å². The summed E-state index contributed by atoms with van der Waals surface area (Å²) in [6.07, 6.45) is 4.26. The van der Waals surface area contributed by atoms with E-state index in [0.717, 1.165) is 36.1 Å². The van der Waals surface area contributed by atoms with Gasteiger partial charge in [0.05, 0.1) is 29.9 Å². The minimum absolute atomic E-state index is 0.00380. The van der Waals surface area contributed by atoms with Gasteiger partial charge in [-0.15, -0.1) is 11.8 Å². The van der Waals surface area contributed by atoms with Crippen LogP contribution >= 0.6 is 11.8 Å². The molecule has 1 aromatic heterocycles. The molecule has 170 valence electrons. The number of nitrogens with one attached hydrogen (secondary N) is 1. The minimum Gasteiger partial charge on any atom is -0.489 e. The molecule has 2 aliphatic heterocycles. The van der Waals surface area contributed by atoms with Crippen molar-refractivity contribution in [3.8, 4) is 22.9 Å². The van der Waals surface area contributed by atoms with Crippen LogP contribution in [0, 0.1) is 23.2 Å². The van der Waals surface area contributed by atoms with Crippen LogP contribution in [0.5, 0.6) is 5.75 Å². The highest BCUT2D eigenvalue weighted by Gasteiger charge is 2.54. The molecule has 5 rings (SSSR count). The lowest BCUT2D eigenvalue weighted by atomic mass is 9.97. The second-order valence-corrected chi connectivity index (χ2v) is 9.86. The summed E-state index contributed by atoms with van der Waals surface area (Å²) in [5, 5.41) is 12.6. The quantitative estimate of drug-likeness (QED) is 0.688. The van der Waals surface area contributed by atoms with Gasteiger partial charge in [0.15, 0.2) is 0 Å². The molecule has 3 heterocycles. The summed E-state index contributed by atoms with van der Waals surface area (Å²) in [5.41, 5.74) is 4.01. The third-order valence-electron chi connectivity index (χ3n) is 6.63. The second-order valence-electron chi connectivity index (χ2n) is 9.02. The number of thioether (sulfide) groups is 1. The molecule has 1 amide bonds. The Morgan fingerprint density at radius 1 is 1.27 bits per heavy atom. The van der Waals surface area contributed by atoms with E-state index in [1.807, 2.05) is 35.9 Å². The van der Waals surface area contributed by atoms with Gasteiger partial charge in [-0.05, 0) is 54.7 Å². The van der Waals surface area contributed by atoms with Crippen molar-refractivity contribution >= 4 is 29.0 Å². The molecular weight excluding hydrogens is 436 g/mol. The topological polar surface area (TPSA) is 96.6 Å². The van der Waals surface area contributed by atoms with Gasteiger partial charge in [-0.25, -0.2) is 4.98 Å². The Kier molecular flexibility index (Phi) is 6.09. The van der Waals surface area contributed by atoms with Gasteiger partial charge in [0.25, 0.3) is 0 Å². The van der Waals surface area contributed by atoms with E-state index >= 15 is 0 Å². The maximum Gasteiger partial charge on any atom is 0.229 e. The molecule has 3 aliphatic rings. The van der Waals surface area contributed by atoms with Crippen molar-refractivity contribution < 1.29 is 14.3 Å². The predicted octanol–water partition coefficient (Wildman–Crippen LogP) is 4.29. The number of rotatable bonds is 6. The lowest BCUT2D eigenvalue weighted by molar-refractivity contribution is -0.117. The normalized spacial score (nSPS) is 26.5. The summed E-state index contributed by atoms with van der Waals surface area (Å²) in [6, 6.07) is 11.6. The van der Waals surface area contributed by atoms with Crippen molar-refractivity contribution in [3.63, 3.8) is 0 Å². The Balaban J connectivity index is 1.27. The molecular formula is C25H26N4O3S. The highest BCUT2D eigenvalue weighted by atomic mass is 32.2.